The van der Waals surface area contributed by atoms with Crippen molar-refractivity contribution >= 4 is 17.2 Å². The highest BCUT2D eigenvalue weighted by atomic mass is 16.2. The van der Waals surface area contributed by atoms with Crippen molar-refractivity contribution in [3.05, 3.63) is 65.1 Å². The molecule has 0 spiro atoms. The maximum Gasteiger partial charge on any atom is 0.274 e. The van der Waals surface area contributed by atoms with Crippen molar-refractivity contribution in [2.45, 2.75) is 33.6 Å². The van der Waals surface area contributed by atoms with Crippen LogP contribution in [-0.2, 0) is 0 Å². The molecule has 2 heterocycles. The van der Waals surface area contributed by atoms with Crippen molar-refractivity contribution in [3.63, 3.8) is 0 Å². The fourth-order valence-corrected chi connectivity index (χ4v) is 2.68. The number of amides is 1. The number of hydrogen-bond acceptors (Lipinski definition) is 2. The zero-order valence-corrected chi connectivity index (χ0v) is 13.9. The van der Waals surface area contributed by atoms with Gasteiger partial charge >= 0.3 is 0 Å². The summed E-state index contributed by atoms with van der Waals surface area (Å²) in [6.45, 7) is 8.17. The van der Waals surface area contributed by atoms with Crippen LogP contribution in [0.3, 0.4) is 0 Å². The summed E-state index contributed by atoms with van der Waals surface area (Å²) in [4.78, 5) is 17.1. The first-order valence-corrected chi connectivity index (χ1v) is 7.82. The summed E-state index contributed by atoms with van der Waals surface area (Å²) in [5, 5.41) is 2.96. The van der Waals surface area contributed by atoms with Gasteiger partial charge in [-0.05, 0) is 55.2 Å². The maximum atomic E-state index is 12.6. The SMILES string of the molecule is Cc1ccn2c(C(=O)Nc3ccc(C(C)C)cc3)c(C)nc2c1. The number of imidazole rings is 1. The van der Waals surface area contributed by atoms with Gasteiger partial charge in [0, 0.05) is 11.9 Å². The predicted molar refractivity (Wildman–Crippen MR) is 93.2 cm³/mol. The number of pyridine rings is 1. The van der Waals surface area contributed by atoms with E-state index in [2.05, 4.69) is 24.1 Å². The molecule has 1 aromatic carbocycles. The van der Waals surface area contributed by atoms with Crippen molar-refractivity contribution in [3.8, 4) is 0 Å². The molecule has 1 amide bonds. The van der Waals surface area contributed by atoms with Crippen molar-refractivity contribution < 1.29 is 4.79 Å². The van der Waals surface area contributed by atoms with E-state index in [1.54, 1.807) is 0 Å². The number of aromatic nitrogens is 2. The Morgan fingerprint density at radius 1 is 1.13 bits per heavy atom. The number of hydrogen-bond donors (Lipinski definition) is 1. The minimum absolute atomic E-state index is 0.142. The molecule has 0 bridgehead atoms. The Balaban J connectivity index is 1.90. The van der Waals surface area contributed by atoms with E-state index in [1.807, 2.05) is 60.8 Å². The number of anilines is 1. The number of carbonyl (C=O) groups excluding carboxylic acids is 1. The summed E-state index contributed by atoms with van der Waals surface area (Å²) in [6.07, 6.45) is 1.89. The molecular formula is C19H21N3O. The van der Waals surface area contributed by atoms with Gasteiger partial charge in [0.25, 0.3) is 5.91 Å². The van der Waals surface area contributed by atoms with E-state index in [-0.39, 0.29) is 5.91 Å². The number of carbonyl (C=O) groups is 1. The average Bonchev–Trinajstić information content (AvgIpc) is 2.82. The Bertz CT molecular complexity index is 860. The Morgan fingerprint density at radius 2 is 1.83 bits per heavy atom. The monoisotopic (exact) mass is 307 g/mol. The lowest BCUT2D eigenvalue weighted by atomic mass is 10.0. The molecule has 0 fully saturated rings. The Hall–Kier alpha value is -2.62. The molecule has 0 radical (unpaired) electrons. The van der Waals surface area contributed by atoms with Gasteiger partial charge in [-0.25, -0.2) is 4.98 Å². The minimum Gasteiger partial charge on any atom is -0.321 e. The van der Waals surface area contributed by atoms with Crippen LogP contribution in [-0.4, -0.2) is 15.3 Å². The van der Waals surface area contributed by atoms with E-state index >= 15 is 0 Å². The molecule has 1 N–H and O–H groups in total. The Kier molecular flexibility index (Phi) is 3.90. The third-order valence-corrected chi connectivity index (χ3v) is 4.01. The van der Waals surface area contributed by atoms with Crippen LogP contribution in [0.1, 0.15) is 47.1 Å². The van der Waals surface area contributed by atoms with Crippen LogP contribution in [0, 0.1) is 13.8 Å². The minimum atomic E-state index is -0.142. The van der Waals surface area contributed by atoms with Gasteiger partial charge in [0.15, 0.2) is 0 Å². The molecule has 0 unspecified atom stereocenters. The van der Waals surface area contributed by atoms with Gasteiger partial charge in [0.1, 0.15) is 11.3 Å². The molecule has 23 heavy (non-hydrogen) atoms. The van der Waals surface area contributed by atoms with E-state index < -0.39 is 0 Å². The lowest BCUT2D eigenvalue weighted by Crippen LogP contribution is -2.15. The van der Waals surface area contributed by atoms with Crippen LogP contribution in [0.25, 0.3) is 5.65 Å². The molecule has 3 rings (SSSR count). The molecule has 2 aromatic heterocycles. The lowest BCUT2D eigenvalue weighted by molar-refractivity contribution is 0.102. The molecule has 4 heteroatoms. The Labute approximate surface area is 136 Å². The number of aryl methyl sites for hydroxylation is 2. The van der Waals surface area contributed by atoms with Gasteiger partial charge < -0.3 is 5.32 Å². The van der Waals surface area contributed by atoms with Crippen LogP contribution in [0.4, 0.5) is 5.69 Å². The summed E-state index contributed by atoms with van der Waals surface area (Å²) < 4.78 is 1.83. The van der Waals surface area contributed by atoms with Gasteiger partial charge in [-0.15, -0.1) is 0 Å². The number of nitrogens with one attached hydrogen (secondary N) is 1. The van der Waals surface area contributed by atoms with Crippen molar-refractivity contribution in [1.82, 2.24) is 9.38 Å². The number of fused-ring (bicyclic) bond motifs is 1. The summed E-state index contributed by atoms with van der Waals surface area (Å²) >= 11 is 0. The number of nitrogens with zero attached hydrogens (tertiary/aromatic N) is 2. The predicted octanol–water partition coefficient (Wildman–Crippen LogP) is 4.33. The topological polar surface area (TPSA) is 46.4 Å². The average molecular weight is 307 g/mol. The fraction of sp³-hybridized carbons (Fsp3) is 0.263. The second kappa shape index (κ2) is 5.88. The van der Waals surface area contributed by atoms with Crippen molar-refractivity contribution in [1.29, 1.82) is 0 Å². The second-order valence-corrected chi connectivity index (χ2v) is 6.21. The first-order chi connectivity index (χ1) is 11.0. The smallest absolute Gasteiger partial charge is 0.274 e. The van der Waals surface area contributed by atoms with E-state index in [0.717, 1.165) is 22.6 Å². The molecule has 0 atom stereocenters. The van der Waals surface area contributed by atoms with E-state index in [0.29, 0.717) is 11.6 Å². The molecule has 3 aromatic rings. The molecule has 118 valence electrons. The summed E-state index contributed by atoms with van der Waals surface area (Å²) in [6, 6.07) is 11.9. The van der Waals surface area contributed by atoms with Gasteiger partial charge in [0.2, 0.25) is 0 Å². The third-order valence-electron chi connectivity index (χ3n) is 4.01. The molecule has 0 saturated heterocycles. The van der Waals surface area contributed by atoms with Crippen LogP contribution >= 0.6 is 0 Å². The lowest BCUT2D eigenvalue weighted by Gasteiger charge is -2.09. The molecule has 0 saturated carbocycles. The van der Waals surface area contributed by atoms with E-state index in [4.69, 9.17) is 0 Å². The van der Waals surface area contributed by atoms with Gasteiger partial charge in [-0.2, -0.15) is 0 Å². The molecule has 4 nitrogen and oxygen atoms in total. The summed E-state index contributed by atoms with van der Waals surface area (Å²) in [5.41, 5.74) is 5.27. The van der Waals surface area contributed by atoms with E-state index in [9.17, 15) is 4.79 Å². The first-order valence-electron chi connectivity index (χ1n) is 7.82. The van der Waals surface area contributed by atoms with Crippen LogP contribution in [0.2, 0.25) is 0 Å². The summed E-state index contributed by atoms with van der Waals surface area (Å²) in [7, 11) is 0. The van der Waals surface area contributed by atoms with Crippen LogP contribution in [0.15, 0.2) is 42.6 Å². The Morgan fingerprint density at radius 3 is 2.48 bits per heavy atom. The zero-order chi connectivity index (χ0) is 16.6. The number of benzene rings is 1. The molecule has 0 aliphatic rings. The normalized spacial score (nSPS) is 11.2. The largest absolute Gasteiger partial charge is 0.321 e. The third kappa shape index (κ3) is 2.97. The zero-order valence-electron chi connectivity index (χ0n) is 13.9. The van der Waals surface area contributed by atoms with Crippen LogP contribution < -0.4 is 5.32 Å². The standard InChI is InChI=1S/C19H21N3O/c1-12(2)15-5-7-16(8-6-15)21-19(23)18-14(4)20-17-11-13(3)9-10-22(17)18/h5-12H,1-4H3,(H,21,23). The quantitative estimate of drug-likeness (QED) is 0.783. The summed E-state index contributed by atoms with van der Waals surface area (Å²) in [5.74, 6) is 0.333. The molecule has 0 aliphatic carbocycles. The number of rotatable bonds is 3. The van der Waals surface area contributed by atoms with Crippen LogP contribution in [0.5, 0.6) is 0 Å². The highest BCUT2D eigenvalue weighted by molar-refractivity contribution is 6.04. The highest BCUT2D eigenvalue weighted by Crippen LogP contribution is 2.19. The maximum absolute atomic E-state index is 12.6. The van der Waals surface area contributed by atoms with Gasteiger partial charge in [-0.1, -0.05) is 26.0 Å². The van der Waals surface area contributed by atoms with Crippen molar-refractivity contribution in [2.75, 3.05) is 5.32 Å². The fourth-order valence-electron chi connectivity index (χ4n) is 2.68. The second-order valence-electron chi connectivity index (χ2n) is 6.21. The van der Waals surface area contributed by atoms with Gasteiger partial charge in [-0.3, -0.25) is 9.20 Å². The first kappa shape index (κ1) is 15.3. The van der Waals surface area contributed by atoms with Gasteiger partial charge in [0.05, 0.1) is 5.69 Å². The molecular weight excluding hydrogens is 286 g/mol. The van der Waals surface area contributed by atoms with Crippen molar-refractivity contribution in [2.24, 2.45) is 0 Å². The highest BCUT2D eigenvalue weighted by Gasteiger charge is 2.16. The molecule has 0 aliphatic heterocycles. The van der Waals surface area contributed by atoms with E-state index in [1.165, 1.54) is 5.56 Å².